The Bertz CT molecular complexity index is 775. The van der Waals surface area contributed by atoms with Crippen LogP contribution in [-0.2, 0) is 0 Å². The quantitative estimate of drug-likeness (QED) is 0.795. The standard InChI is InChI=1S/C13H9N3O2S/c1-2-11-14-12-8(13(17)18)5-6-9(16(12)15-11)10-4-3-7-19-10/h2-7H,1H2,(H,17,18). The van der Waals surface area contributed by atoms with Crippen LogP contribution in [0.4, 0.5) is 0 Å². The number of aromatic nitrogens is 3. The third-order valence-electron chi connectivity index (χ3n) is 2.69. The lowest BCUT2D eigenvalue weighted by Gasteiger charge is -2.03. The minimum absolute atomic E-state index is 0.126. The highest BCUT2D eigenvalue weighted by atomic mass is 32.1. The first kappa shape index (κ1) is 11.6. The van der Waals surface area contributed by atoms with Crippen molar-refractivity contribution in [2.45, 2.75) is 0 Å². The van der Waals surface area contributed by atoms with Crippen molar-refractivity contribution < 1.29 is 9.90 Å². The predicted molar refractivity (Wildman–Crippen MR) is 73.4 cm³/mol. The maximum absolute atomic E-state index is 11.2. The van der Waals surface area contributed by atoms with E-state index in [4.69, 9.17) is 0 Å². The molecule has 0 saturated heterocycles. The van der Waals surface area contributed by atoms with Crippen molar-refractivity contribution in [1.29, 1.82) is 0 Å². The van der Waals surface area contributed by atoms with E-state index in [-0.39, 0.29) is 5.56 Å². The van der Waals surface area contributed by atoms with Crippen molar-refractivity contribution >= 4 is 29.0 Å². The first-order valence-corrected chi connectivity index (χ1v) is 6.38. The summed E-state index contributed by atoms with van der Waals surface area (Å²) in [6.45, 7) is 3.61. The van der Waals surface area contributed by atoms with Crippen LogP contribution in [0.25, 0.3) is 22.3 Å². The largest absolute Gasteiger partial charge is 0.478 e. The second-order valence-electron chi connectivity index (χ2n) is 3.82. The molecular formula is C13H9N3O2S. The smallest absolute Gasteiger partial charge is 0.339 e. The van der Waals surface area contributed by atoms with E-state index in [1.807, 2.05) is 17.5 Å². The van der Waals surface area contributed by atoms with Gasteiger partial charge in [-0.25, -0.2) is 14.3 Å². The summed E-state index contributed by atoms with van der Waals surface area (Å²) in [6.07, 6.45) is 1.50. The molecule has 0 saturated carbocycles. The highest BCUT2D eigenvalue weighted by Crippen LogP contribution is 2.26. The van der Waals surface area contributed by atoms with Gasteiger partial charge >= 0.3 is 5.97 Å². The molecule has 0 bridgehead atoms. The molecule has 0 atom stereocenters. The van der Waals surface area contributed by atoms with Crippen LogP contribution in [0, 0.1) is 0 Å². The third kappa shape index (κ3) is 1.82. The van der Waals surface area contributed by atoms with E-state index < -0.39 is 5.97 Å². The highest BCUT2D eigenvalue weighted by molar-refractivity contribution is 7.13. The number of pyridine rings is 1. The van der Waals surface area contributed by atoms with Crippen LogP contribution in [0.1, 0.15) is 16.2 Å². The number of fused-ring (bicyclic) bond motifs is 1. The SMILES string of the molecule is C=Cc1nc2c(C(=O)O)ccc(-c3cccs3)n2n1. The Morgan fingerprint density at radius 2 is 2.26 bits per heavy atom. The number of nitrogens with zero attached hydrogens (tertiary/aromatic N) is 3. The molecule has 3 heterocycles. The zero-order valence-electron chi connectivity index (χ0n) is 9.78. The van der Waals surface area contributed by atoms with Gasteiger partial charge in [0.2, 0.25) is 0 Å². The topological polar surface area (TPSA) is 67.5 Å². The molecule has 3 aromatic rings. The fraction of sp³-hybridized carbons (Fsp3) is 0. The van der Waals surface area contributed by atoms with Gasteiger partial charge in [-0.1, -0.05) is 12.6 Å². The number of thiophene rings is 1. The molecule has 0 aliphatic heterocycles. The Morgan fingerprint density at radius 1 is 1.42 bits per heavy atom. The number of rotatable bonds is 3. The van der Waals surface area contributed by atoms with E-state index >= 15 is 0 Å². The van der Waals surface area contributed by atoms with Crippen molar-refractivity contribution in [3.8, 4) is 10.6 Å². The second-order valence-corrected chi connectivity index (χ2v) is 4.77. The maximum Gasteiger partial charge on any atom is 0.339 e. The summed E-state index contributed by atoms with van der Waals surface area (Å²) in [4.78, 5) is 16.4. The zero-order valence-corrected chi connectivity index (χ0v) is 10.6. The number of hydrogen-bond donors (Lipinski definition) is 1. The highest BCUT2D eigenvalue weighted by Gasteiger charge is 2.16. The average Bonchev–Trinajstić information content (AvgIpc) is 3.06. The second kappa shape index (κ2) is 4.33. The summed E-state index contributed by atoms with van der Waals surface area (Å²) in [5.74, 6) is -0.614. The molecule has 0 aliphatic carbocycles. The van der Waals surface area contributed by atoms with Crippen LogP contribution in [0.3, 0.4) is 0 Å². The fourth-order valence-corrected chi connectivity index (χ4v) is 2.58. The van der Waals surface area contributed by atoms with Gasteiger partial charge in [0.1, 0.15) is 5.56 Å². The van der Waals surface area contributed by atoms with Gasteiger partial charge in [-0.05, 0) is 29.7 Å². The van der Waals surface area contributed by atoms with Crippen molar-refractivity contribution in [3.05, 3.63) is 47.6 Å². The van der Waals surface area contributed by atoms with E-state index in [1.54, 1.807) is 28.0 Å². The molecule has 0 spiro atoms. The molecule has 0 aromatic carbocycles. The lowest BCUT2D eigenvalue weighted by Crippen LogP contribution is -2.03. The molecule has 0 aliphatic rings. The fourth-order valence-electron chi connectivity index (χ4n) is 1.84. The predicted octanol–water partition coefficient (Wildman–Crippen LogP) is 2.80. The van der Waals surface area contributed by atoms with Crippen molar-refractivity contribution in [2.75, 3.05) is 0 Å². The Morgan fingerprint density at radius 3 is 2.89 bits per heavy atom. The summed E-state index contributed by atoms with van der Waals surface area (Å²) in [5, 5.41) is 15.4. The van der Waals surface area contributed by atoms with E-state index in [0.29, 0.717) is 11.5 Å². The molecule has 5 nitrogen and oxygen atoms in total. The number of aromatic carboxylic acids is 1. The number of carbonyl (C=O) groups is 1. The number of hydrogen-bond acceptors (Lipinski definition) is 4. The number of carboxylic acid groups (broad SMARTS) is 1. The minimum atomic E-state index is -1.02. The number of carboxylic acids is 1. The summed E-state index contributed by atoms with van der Waals surface area (Å²) in [5.41, 5.74) is 1.27. The Hall–Kier alpha value is -2.47. The molecule has 0 fully saturated rings. The van der Waals surface area contributed by atoms with E-state index in [0.717, 1.165) is 10.6 Å². The molecule has 0 unspecified atom stereocenters. The van der Waals surface area contributed by atoms with Gasteiger partial charge in [-0.2, -0.15) is 0 Å². The monoisotopic (exact) mass is 271 g/mol. The summed E-state index contributed by atoms with van der Waals surface area (Å²) in [7, 11) is 0. The zero-order chi connectivity index (χ0) is 13.4. The van der Waals surface area contributed by atoms with Crippen LogP contribution < -0.4 is 0 Å². The summed E-state index contributed by atoms with van der Waals surface area (Å²) in [6, 6.07) is 7.18. The summed E-state index contributed by atoms with van der Waals surface area (Å²) < 4.78 is 1.55. The molecule has 3 aromatic heterocycles. The molecule has 6 heteroatoms. The normalized spacial score (nSPS) is 10.7. The van der Waals surface area contributed by atoms with Gasteiger partial charge < -0.3 is 5.11 Å². The molecule has 3 rings (SSSR count). The molecule has 19 heavy (non-hydrogen) atoms. The van der Waals surface area contributed by atoms with Gasteiger partial charge in [0.05, 0.1) is 10.6 Å². The molecule has 0 radical (unpaired) electrons. The van der Waals surface area contributed by atoms with Gasteiger partial charge in [0, 0.05) is 0 Å². The van der Waals surface area contributed by atoms with Crippen molar-refractivity contribution in [2.24, 2.45) is 0 Å². The van der Waals surface area contributed by atoms with Gasteiger partial charge in [-0.15, -0.1) is 16.4 Å². The van der Waals surface area contributed by atoms with E-state index in [2.05, 4.69) is 16.7 Å². The van der Waals surface area contributed by atoms with Crippen LogP contribution in [0.5, 0.6) is 0 Å². The first-order chi connectivity index (χ1) is 9.20. The van der Waals surface area contributed by atoms with Crippen molar-refractivity contribution in [3.63, 3.8) is 0 Å². The first-order valence-electron chi connectivity index (χ1n) is 5.50. The summed E-state index contributed by atoms with van der Waals surface area (Å²) >= 11 is 1.56. The van der Waals surface area contributed by atoms with E-state index in [9.17, 15) is 9.90 Å². The van der Waals surface area contributed by atoms with Crippen LogP contribution in [0.15, 0.2) is 36.2 Å². The maximum atomic E-state index is 11.2. The minimum Gasteiger partial charge on any atom is -0.478 e. The van der Waals surface area contributed by atoms with Gasteiger partial charge in [0.15, 0.2) is 11.5 Å². The lowest BCUT2D eigenvalue weighted by molar-refractivity contribution is 0.0698. The average molecular weight is 271 g/mol. The molecule has 1 N–H and O–H groups in total. The van der Waals surface area contributed by atoms with Gasteiger partial charge in [0.25, 0.3) is 0 Å². The lowest BCUT2D eigenvalue weighted by atomic mass is 10.2. The van der Waals surface area contributed by atoms with Crippen molar-refractivity contribution in [1.82, 2.24) is 14.6 Å². The Labute approximate surface area is 112 Å². The van der Waals surface area contributed by atoms with Crippen LogP contribution in [-0.4, -0.2) is 25.7 Å². The molecule has 94 valence electrons. The molecular weight excluding hydrogens is 262 g/mol. The van der Waals surface area contributed by atoms with Crippen LogP contribution >= 0.6 is 11.3 Å². The third-order valence-corrected chi connectivity index (χ3v) is 3.58. The van der Waals surface area contributed by atoms with Gasteiger partial charge in [-0.3, -0.25) is 0 Å². The van der Waals surface area contributed by atoms with E-state index in [1.165, 1.54) is 6.08 Å². The molecule has 0 amide bonds. The Balaban J connectivity index is 2.37. The Kier molecular flexibility index (Phi) is 2.64. The van der Waals surface area contributed by atoms with Crippen LogP contribution in [0.2, 0.25) is 0 Å².